The molecule has 1 N–H and O–H groups in total. The number of likely N-dealkylation sites (tertiary alicyclic amines) is 1. The average Bonchev–Trinajstić information content (AvgIpc) is 2.93. The standard InChI is InChI=1S/C23H31FN4O4/c1-6-28-22(32)26(5)21(31)23(28)9-11-27(12-10-23)20(30)18(14(2)3)25-19(29)16-13-15(4)7-8-17(16)24/h7-8,13-14,18H,6,9-12H2,1-5H3,(H,25,29)/t18-/m1/s1. The summed E-state index contributed by atoms with van der Waals surface area (Å²) in [5.74, 6) is -2.01. The molecule has 5 amide bonds. The highest BCUT2D eigenvalue weighted by Crippen LogP contribution is 2.36. The van der Waals surface area contributed by atoms with E-state index in [1.54, 1.807) is 22.8 Å². The normalized spacial score (nSPS) is 19.2. The van der Waals surface area contributed by atoms with Gasteiger partial charge >= 0.3 is 6.03 Å². The number of carbonyl (C=O) groups excluding carboxylic acids is 4. The van der Waals surface area contributed by atoms with E-state index >= 15 is 0 Å². The number of hydrogen-bond donors (Lipinski definition) is 1. The van der Waals surface area contributed by atoms with Crippen LogP contribution in [0.25, 0.3) is 0 Å². The number of likely N-dealkylation sites (N-methyl/N-ethyl adjacent to an activating group) is 2. The molecule has 0 bridgehead atoms. The number of aryl methyl sites for hydroxylation is 1. The van der Waals surface area contributed by atoms with Crippen molar-refractivity contribution < 1.29 is 23.6 Å². The van der Waals surface area contributed by atoms with E-state index in [9.17, 15) is 23.6 Å². The maximum atomic E-state index is 14.1. The molecular formula is C23H31FN4O4. The first-order valence-corrected chi connectivity index (χ1v) is 11.0. The second kappa shape index (κ2) is 8.88. The Bertz CT molecular complexity index is 940. The third kappa shape index (κ3) is 3.96. The Morgan fingerprint density at radius 2 is 1.81 bits per heavy atom. The SMILES string of the molecule is CCN1C(=O)N(C)C(=O)C12CCN(C(=O)[C@H](NC(=O)c1cc(C)ccc1F)C(C)C)CC2. The van der Waals surface area contributed by atoms with Crippen molar-refractivity contribution in [3.8, 4) is 0 Å². The lowest BCUT2D eigenvalue weighted by Gasteiger charge is -2.43. The summed E-state index contributed by atoms with van der Waals surface area (Å²) in [7, 11) is 1.48. The number of amides is 5. The fourth-order valence-corrected chi connectivity index (χ4v) is 4.64. The summed E-state index contributed by atoms with van der Waals surface area (Å²) < 4.78 is 14.1. The molecule has 8 nitrogen and oxygen atoms in total. The number of rotatable bonds is 5. The highest BCUT2D eigenvalue weighted by atomic mass is 19.1. The van der Waals surface area contributed by atoms with E-state index in [0.29, 0.717) is 32.5 Å². The molecule has 0 radical (unpaired) electrons. The van der Waals surface area contributed by atoms with Crippen LogP contribution in [0.5, 0.6) is 0 Å². The van der Waals surface area contributed by atoms with Crippen molar-refractivity contribution in [1.82, 2.24) is 20.0 Å². The van der Waals surface area contributed by atoms with Crippen molar-refractivity contribution in [2.24, 2.45) is 5.92 Å². The molecule has 1 spiro atoms. The van der Waals surface area contributed by atoms with Crippen molar-refractivity contribution in [2.45, 2.75) is 52.1 Å². The monoisotopic (exact) mass is 446 g/mol. The molecule has 0 aliphatic carbocycles. The van der Waals surface area contributed by atoms with Gasteiger partial charge in [-0.05, 0) is 44.7 Å². The fourth-order valence-electron chi connectivity index (χ4n) is 4.64. The molecule has 1 atom stereocenters. The number of urea groups is 1. The van der Waals surface area contributed by atoms with Gasteiger partial charge in [-0.1, -0.05) is 25.5 Å². The second-order valence-electron chi connectivity index (χ2n) is 8.93. The second-order valence-corrected chi connectivity index (χ2v) is 8.93. The first-order chi connectivity index (χ1) is 15.0. The summed E-state index contributed by atoms with van der Waals surface area (Å²) in [6.07, 6.45) is 0.680. The first kappa shape index (κ1) is 23.7. The zero-order chi connectivity index (χ0) is 23.8. The van der Waals surface area contributed by atoms with E-state index in [0.717, 1.165) is 10.5 Å². The maximum absolute atomic E-state index is 14.1. The van der Waals surface area contributed by atoms with Crippen LogP contribution in [0.3, 0.4) is 0 Å². The van der Waals surface area contributed by atoms with Gasteiger partial charge in [-0.15, -0.1) is 0 Å². The number of hydrogen-bond acceptors (Lipinski definition) is 4. The summed E-state index contributed by atoms with van der Waals surface area (Å²) in [6.45, 7) is 8.22. The number of nitrogens with zero attached hydrogens (tertiary/aromatic N) is 3. The Morgan fingerprint density at radius 3 is 2.38 bits per heavy atom. The van der Waals surface area contributed by atoms with Crippen LogP contribution in [0.1, 0.15) is 49.5 Å². The Kier molecular flexibility index (Phi) is 6.57. The van der Waals surface area contributed by atoms with Crippen molar-refractivity contribution in [3.05, 3.63) is 35.1 Å². The Hall–Kier alpha value is -2.97. The van der Waals surface area contributed by atoms with Crippen LogP contribution in [0.4, 0.5) is 9.18 Å². The zero-order valence-electron chi connectivity index (χ0n) is 19.3. The topological polar surface area (TPSA) is 90.0 Å². The third-order valence-electron chi connectivity index (χ3n) is 6.54. The Morgan fingerprint density at radius 1 is 1.19 bits per heavy atom. The fraction of sp³-hybridized carbons (Fsp3) is 0.565. The van der Waals surface area contributed by atoms with E-state index < -0.39 is 23.3 Å². The van der Waals surface area contributed by atoms with E-state index in [1.165, 1.54) is 19.2 Å². The molecule has 1 aromatic rings. The minimum absolute atomic E-state index is 0.0993. The van der Waals surface area contributed by atoms with Crippen LogP contribution in [-0.2, 0) is 9.59 Å². The molecule has 174 valence electrons. The first-order valence-electron chi connectivity index (χ1n) is 11.0. The molecule has 1 aromatic carbocycles. The summed E-state index contributed by atoms with van der Waals surface area (Å²) in [5.41, 5.74) is -0.275. The van der Waals surface area contributed by atoms with Crippen LogP contribution in [-0.4, -0.2) is 76.7 Å². The highest BCUT2D eigenvalue weighted by Gasteiger charge is 2.56. The average molecular weight is 447 g/mol. The van der Waals surface area contributed by atoms with Gasteiger partial charge in [0.2, 0.25) is 5.91 Å². The smallest absolute Gasteiger partial charge is 0.327 e. The van der Waals surface area contributed by atoms with Gasteiger partial charge < -0.3 is 15.1 Å². The number of benzene rings is 1. The molecular weight excluding hydrogens is 415 g/mol. The minimum atomic E-state index is -0.918. The van der Waals surface area contributed by atoms with Crippen LogP contribution >= 0.6 is 0 Å². The van der Waals surface area contributed by atoms with Crippen LogP contribution < -0.4 is 5.32 Å². The molecule has 2 heterocycles. The molecule has 9 heteroatoms. The van der Waals surface area contributed by atoms with Crippen molar-refractivity contribution in [1.29, 1.82) is 0 Å². The van der Waals surface area contributed by atoms with Gasteiger partial charge in [0.05, 0.1) is 5.56 Å². The van der Waals surface area contributed by atoms with E-state index in [-0.39, 0.29) is 29.3 Å². The van der Waals surface area contributed by atoms with Gasteiger partial charge in [-0.2, -0.15) is 0 Å². The molecule has 2 aliphatic rings. The quantitative estimate of drug-likeness (QED) is 0.702. The van der Waals surface area contributed by atoms with Gasteiger partial charge in [0, 0.05) is 26.7 Å². The summed E-state index contributed by atoms with van der Waals surface area (Å²) in [6, 6.07) is 3.12. The van der Waals surface area contributed by atoms with Gasteiger partial charge in [-0.25, -0.2) is 9.18 Å². The number of nitrogens with one attached hydrogen (secondary N) is 1. The van der Waals surface area contributed by atoms with Gasteiger partial charge in [-0.3, -0.25) is 19.3 Å². The third-order valence-corrected chi connectivity index (χ3v) is 6.54. The Balaban J connectivity index is 1.73. The van der Waals surface area contributed by atoms with Gasteiger partial charge in [0.15, 0.2) is 0 Å². The molecule has 2 fully saturated rings. The Labute approximate surface area is 187 Å². The predicted molar refractivity (Wildman–Crippen MR) is 116 cm³/mol. The molecule has 0 aromatic heterocycles. The molecule has 2 aliphatic heterocycles. The largest absolute Gasteiger partial charge is 0.341 e. The lowest BCUT2D eigenvalue weighted by Crippen LogP contribution is -2.60. The predicted octanol–water partition coefficient (Wildman–Crippen LogP) is 2.16. The number of imide groups is 1. The van der Waals surface area contributed by atoms with Crippen LogP contribution in [0.2, 0.25) is 0 Å². The summed E-state index contributed by atoms with van der Waals surface area (Å²) in [5, 5.41) is 2.69. The molecule has 0 saturated carbocycles. The maximum Gasteiger partial charge on any atom is 0.327 e. The number of halogens is 1. The molecule has 0 unspecified atom stereocenters. The van der Waals surface area contributed by atoms with Crippen molar-refractivity contribution in [2.75, 3.05) is 26.7 Å². The summed E-state index contributed by atoms with van der Waals surface area (Å²) >= 11 is 0. The molecule has 2 saturated heterocycles. The van der Waals surface area contributed by atoms with E-state index in [4.69, 9.17) is 0 Å². The van der Waals surface area contributed by atoms with Gasteiger partial charge in [0.25, 0.3) is 11.8 Å². The van der Waals surface area contributed by atoms with E-state index in [2.05, 4.69) is 5.32 Å². The lowest BCUT2D eigenvalue weighted by atomic mass is 9.85. The number of carbonyl (C=O) groups is 4. The minimum Gasteiger partial charge on any atom is -0.341 e. The highest BCUT2D eigenvalue weighted by molar-refractivity contribution is 6.07. The molecule has 3 rings (SSSR count). The zero-order valence-corrected chi connectivity index (χ0v) is 19.3. The van der Waals surface area contributed by atoms with Crippen molar-refractivity contribution >= 4 is 23.8 Å². The molecule has 32 heavy (non-hydrogen) atoms. The van der Waals surface area contributed by atoms with Crippen molar-refractivity contribution in [3.63, 3.8) is 0 Å². The van der Waals surface area contributed by atoms with E-state index in [1.807, 2.05) is 20.8 Å². The number of piperidine rings is 1. The lowest BCUT2D eigenvalue weighted by molar-refractivity contribution is -0.142. The van der Waals surface area contributed by atoms with Gasteiger partial charge in [0.1, 0.15) is 17.4 Å². The van der Waals surface area contributed by atoms with Crippen LogP contribution in [0.15, 0.2) is 18.2 Å². The van der Waals surface area contributed by atoms with Crippen LogP contribution in [0, 0.1) is 18.7 Å². The summed E-state index contributed by atoms with van der Waals surface area (Å²) in [4.78, 5) is 55.5.